The molecule has 1 aliphatic heterocycles. The van der Waals surface area contributed by atoms with Crippen molar-refractivity contribution in [1.29, 1.82) is 0 Å². The number of rotatable bonds is 3. The molecule has 1 atom stereocenters. The lowest BCUT2D eigenvalue weighted by molar-refractivity contribution is -0.149. The van der Waals surface area contributed by atoms with Gasteiger partial charge < -0.3 is 5.11 Å². The Morgan fingerprint density at radius 3 is 2.71 bits per heavy atom. The van der Waals surface area contributed by atoms with Gasteiger partial charge in [-0.15, -0.1) is 4.91 Å². The van der Waals surface area contributed by atoms with Crippen LogP contribution in [0.1, 0.15) is 12.8 Å². The highest BCUT2D eigenvalue weighted by molar-refractivity contribution is 5.67. The molecule has 0 amide bonds. The molecular formula is C7H10F2N2O3. The van der Waals surface area contributed by atoms with Crippen LogP contribution in [0.3, 0.4) is 0 Å². The van der Waals surface area contributed by atoms with Gasteiger partial charge in [-0.1, -0.05) is 0 Å². The van der Waals surface area contributed by atoms with Crippen molar-refractivity contribution in [3.63, 3.8) is 0 Å². The first kappa shape index (κ1) is 10.8. The SMILES string of the molecule is O=NN1CCC(CC(=O)O)C(F)(F)C1. The van der Waals surface area contributed by atoms with E-state index in [1.54, 1.807) is 0 Å². The van der Waals surface area contributed by atoms with Crippen LogP contribution in [-0.2, 0) is 4.79 Å². The minimum absolute atomic E-state index is 0.0228. The maximum absolute atomic E-state index is 13.2. The molecule has 7 heteroatoms. The fraction of sp³-hybridized carbons (Fsp3) is 0.857. The molecule has 1 N–H and O–H groups in total. The van der Waals surface area contributed by atoms with E-state index in [1.165, 1.54) is 0 Å². The van der Waals surface area contributed by atoms with Crippen molar-refractivity contribution in [3.8, 4) is 0 Å². The minimum atomic E-state index is -3.15. The molecule has 1 rings (SSSR count). The van der Waals surface area contributed by atoms with Crippen LogP contribution in [-0.4, -0.2) is 35.1 Å². The molecule has 1 fully saturated rings. The maximum atomic E-state index is 13.2. The van der Waals surface area contributed by atoms with E-state index in [1.807, 2.05) is 0 Å². The first-order valence-electron chi connectivity index (χ1n) is 4.13. The maximum Gasteiger partial charge on any atom is 0.303 e. The van der Waals surface area contributed by atoms with Gasteiger partial charge in [0.15, 0.2) is 0 Å². The molecule has 0 aromatic carbocycles. The van der Waals surface area contributed by atoms with Gasteiger partial charge in [-0.05, 0) is 6.42 Å². The third-order valence-electron chi connectivity index (χ3n) is 2.26. The van der Waals surface area contributed by atoms with E-state index in [0.29, 0.717) is 0 Å². The van der Waals surface area contributed by atoms with Gasteiger partial charge in [0, 0.05) is 12.5 Å². The highest BCUT2D eigenvalue weighted by Crippen LogP contribution is 2.35. The van der Waals surface area contributed by atoms with E-state index >= 15 is 0 Å². The van der Waals surface area contributed by atoms with Gasteiger partial charge in [-0.25, -0.2) is 8.78 Å². The molecule has 1 saturated heterocycles. The molecule has 0 radical (unpaired) electrons. The smallest absolute Gasteiger partial charge is 0.303 e. The number of halogens is 2. The number of carbonyl (C=O) groups is 1. The van der Waals surface area contributed by atoms with Crippen molar-refractivity contribution < 1.29 is 18.7 Å². The largest absolute Gasteiger partial charge is 0.481 e. The van der Waals surface area contributed by atoms with Gasteiger partial charge in [-0.2, -0.15) is 0 Å². The summed E-state index contributed by atoms with van der Waals surface area (Å²) in [5.41, 5.74) is 0. The van der Waals surface area contributed by atoms with Crippen LogP contribution in [0.25, 0.3) is 0 Å². The highest BCUT2D eigenvalue weighted by Gasteiger charge is 2.45. The molecule has 0 bridgehead atoms. The van der Waals surface area contributed by atoms with Crippen LogP contribution < -0.4 is 0 Å². The van der Waals surface area contributed by atoms with Crippen molar-refractivity contribution in [1.82, 2.24) is 5.01 Å². The molecule has 0 aromatic heterocycles. The quantitative estimate of drug-likeness (QED) is 0.705. The molecule has 1 unspecified atom stereocenters. The van der Waals surface area contributed by atoms with Crippen LogP contribution in [0.4, 0.5) is 8.78 Å². The summed E-state index contributed by atoms with van der Waals surface area (Å²) >= 11 is 0. The molecule has 14 heavy (non-hydrogen) atoms. The second kappa shape index (κ2) is 3.85. The molecule has 1 aliphatic rings. The number of carboxylic acids is 1. The van der Waals surface area contributed by atoms with E-state index in [9.17, 15) is 18.5 Å². The number of hydrogen-bond acceptors (Lipinski definition) is 3. The van der Waals surface area contributed by atoms with Crippen LogP contribution in [0.5, 0.6) is 0 Å². The standard InChI is InChI=1S/C7H10F2N2O3/c8-7(9)4-11(10-14)2-1-5(7)3-6(12)13/h5H,1-4H2,(H,12,13). The topological polar surface area (TPSA) is 70.0 Å². The van der Waals surface area contributed by atoms with Crippen LogP contribution >= 0.6 is 0 Å². The van der Waals surface area contributed by atoms with Gasteiger partial charge in [-0.3, -0.25) is 9.80 Å². The van der Waals surface area contributed by atoms with Crippen molar-refractivity contribution in [2.45, 2.75) is 18.8 Å². The zero-order valence-electron chi connectivity index (χ0n) is 7.32. The lowest BCUT2D eigenvalue weighted by atomic mass is 9.90. The Bertz CT molecular complexity index is 247. The molecule has 5 nitrogen and oxygen atoms in total. The number of nitroso groups, excluding NO2 is 1. The zero-order valence-corrected chi connectivity index (χ0v) is 7.32. The number of hydrogen-bond donors (Lipinski definition) is 1. The average Bonchev–Trinajstić information content (AvgIpc) is 2.07. The van der Waals surface area contributed by atoms with E-state index in [0.717, 1.165) is 5.01 Å². The Morgan fingerprint density at radius 2 is 2.29 bits per heavy atom. The number of nitrogens with zero attached hydrogens (tertiary/aromatic N) is 2. The fourth-order valence-electron chi connectivity index (χ4n) is 1.50. The predicted octanol–water partition coefficient (Wildman–Crippen LogP) is 1.10. The Morgan fingerprint density at radius 1 is 1.64 bits per heavy atom. The van der Waals surface area contributed by atoms with Crippen molar-refractivity contribution in [3.05, 3.63) is 4.91 Å². The highest BCUT2D eigenvalue weighted by atomic mass is 19.3. The Hall–Kier alpha value is -1.27. The summed E-state index contributed by atoms with van der Waals surface area (Å²) in [6.45, 7) is -0.689. The van der Waals surface area contributed by atoms with E-state index in [-0.39, 0.29) is 13.0 Å². The number of alkyl halides is 2. The Balaban J connectivity index is 2.62. The summed E-state index contributed by atoms with van der Waals surface area (Å²) in [6.07, 6.45) is -0.593. The molecule has 0 aromatic rings. The fourth-order valence-corrected chi connectivity index (χ4v) is 1.50. The zero-order chi connectivity index (χ0) is 10.8. The normalized spacial score (nSPS) is 25.9. The second-order valence-electron chi connectivity index (χ2n) is 3.31. The van der Waals surface area contributed by atoms with Gasteiger partial charge in [0.25, 0.3) is 5.92 Å². The lowest BCUT2D eigenvalue weighted by Gasteiger charge is -2.34. The van der Waals surface area contributed by atoms with E-state index in [4.69, 9.17) is 5.11 Å². The summed E-state index contributed by atoms with van der Waals surface area (Å²) in [6, 6.07) is 0. The first-order valence-corrected chi connectivity index (χ1v) is 4.13. The summed E-state index contributed by atoms with van der Waals surface area (Å²) < 4.78 is 26.3. The predicted molar refractivity (Wildman–Crippen MR) is 42.7 cm³/mol. The summed E-state index contributed by atoms with van der Waals surface area (Å²) in [5.74, 6) is -5.59. The first-order chi connectivity index (χ1) is 6.45. The number of carboxylic acid groups (broad SMARTS) is 1. The van der Waals surface area contributed by atoms with Crippen LogP contribution in [0.2, 0.25) is 0 Å². The summed E-state index contributed by atoms with van der Waals surface area (Å²) in [7, 11) is 0. The lowest BCUT2D eigenvalue weighted by Crippen LogP contribution is -2.46. The Kier molecular flexibility index (Phi) is 2.97. The average molecular weight is 208 g/mol. The third-order valence-corrected chi connectivity index (χ3v) is 2.26. The molecular weight excluding hydrogens is 198 g/mol. The third kappa shape index (κ3) is 2.36. The van der Waals surface area contributed by atoms with Gasteiger partial charge in [0.2, 0.25) is 0 Å². The monoisotopic (exact) mass is 208 g/mol. The Labute approximate surface area is 78.6 Å². The molecule has 0 saturated carbocycles. The molecule has 1 heterocycles. The van der Waals surface area contributed by atoms with Gasteiger partial charge in [0.1, 0.15) is 6.54 Å². The van der Waals surface area contributed by atoms with Crippen molar-refractivity contribution >= 4 is 5.97 Å². The van der Waals surface area contributed by atoms with Gasteiger partial charge >= 0.3 is 5.97 Å². The molecule has 0 spiro atoms. The van der Waals surface area contributed by atoms with Gasteiger partial charge in [0.05, 0.1) is 11.7 Å². The van der Waals surface area contributed by atoms with Crippen LogP contribution in [0.15, 0.2) is 5.29 Å². The number of aliphatic carboxylic acids is 1. The van der Waals surface area contributed by atoms with Crippen molar-refractivity contribution in [2.75, 3.05) is 13.1 Å². The number of piperidine rings is 1. The summed E-state index contributed by atoms with van der Waals surface area (Å²) in [4.78, 5) is 20.3. The second-order valence-corrected chi connectivity index (χ2v) is 3.31. The van der Waals surface area contributed by atoms with Crippen molar-refractivity contribution in [2.24, 2.45) is 11.2 Å². The van der Waals surface area contributed by atoms with E-state index < -0.39 is 30.8 Å². The minimum Gasteiger partial charge on any atom is -0.481 e. The van der Waals surface area contributed by atoms with E-state index in [2.05, 4.69) is 5.29 Å². The molecule has 80 valence electrons. The van der Waals surface area contributed by atoms with Crippen LogP contribution in [0, 0.1) is 10.8 Å². The summed E-state index contributed by atoms with van der Waals surface area (Å²) in [5, 5.41) is 11.5. The molecule has 0 aliphatic carbocycles.